The molecule has 1 heterocycles. The van der Waals surface area contributed by atoms with Crippen molar-refractivity contribution in [2.75, 3.05) is 12.4 Å². The van der Waals surface area contributed by atoms with Gasteiger partial charge in [0.05, 0.1) is 24.0 Å². The molecule has 0 saturated carbocycles. The molecule has 3 aromatic rings. The number of nitrogens with one attached hydrogen (secondary N) is 3. The molecular weight excluding hydrogens is 340 g/mol. The maximum Gasteiger partial charge on any atom is 0.319 e. The van der Waals surface area contributed by atoms with E-state index < -0.39 is 0 Å². The van der Waals surface area contributed by atoms with E-state index in [9.17, 15) is 4.79 Å². The average Bonchev–Trinajstić information content (AvgIpc) is 3.09. The molecule has 0 saturated heterocycles. The molecule has 0 aliphatic heterocycles. The molecule has 6 nitrogen and oxygen atoms in total. The third kappa shape index (κ3) is 4.10. The quantitative estimate of drug-likeness (QED) is 0.645. The minimum atomic E-state index is -0.332. The number of amides is 2. The second-order valence-electron chi connectivity index (χ2n) is 5.29. The lowest BCUT2D eigenvalue weighted by Crippen LogP contribution is -2.28. The molecule has 0 radical (unpaired) electrons. The lowest BCUT2D eigenvalue weighted by atomic mass is 10.1. The summed E-state index contributed by atoms with van der Waals surface area (Å²) in [6.07, 6.45) is 1.70. The van der Waals surface area contributed by atoms with Crippen molar-refractivity contribution in [3.8, 4) is 17.0 Å². The minimum Gasteiger partial charge on any atom is -0.495 e. The van der Waals surface area contributed by atoms with Gasteiger partial charge >= 0.3 is 6.03 Å². The van der Waals surface area contributed by atoms with Crippen molar-refractivity contribution in [3.05, 3.63) is 65.3 Å². The van der Waals surface area contributed by atoms with Gasteiger partial charge in [0.25, 0.3) is 0 Å². The average molecular weight is 357 g/mol. The molecule has 0 aliphatic rings. The molecule has 3 rings (SSSR count). The van der Waals surface area contributed by atoms with Gasteiger partial charge in [-0.15, -0.1) is 0 Å². The Balaban J connectivity index is 1.62. The van der Waals surface area contributed by atoms with Gasteiger partial charge < -0.3 is 15.4 Å². The molecule has 0 bridgehead atoms. The lowest BCUT2D eigenvalue weighted by molar-refractivity contribution is 0.252. The largest absolute Gasteiger partial charge is 0.495 e. The summed E-state index contributed by atoms with van der Waals surface area (Å²) in [5.41, 5.74) is 3.38. The Hall–Kier alpha value is -2.99. The van der Waals surface area contributed by atoms with Gasteiger partial charge in [-0.3, -0.25) is 5.10 Å². The topological polar surface area (TPSA) is 79.0 Å². The van der Waals surface area contributed by atoms with Crippen LogP contribution >= 0.6 is 11.6 Å². The number of urea groups is 1. The van der Waals surface area contributed by atoms with E-state index in [0.717, 1.165) is 16.8 Å². The van der Waals surface area contributed by atoms with Crippen molar-refractivity contribution >= 4 is 23.3 Å². The zero-order chi connectivity index (χ0) is 17.6. The summed E-state index contributed by atoms with van der Waals surface area (Å²) in [5, 5.41) is 13.0. The van der Waals surface area contributed by atoms with Crippen LogP contribution in [0.4, 0.5) is 10.5 Å². The van der Waals surface area contributed by atoms with Crippen LogP contribution in [0.5, 0.6) is 5.75 Å². The number of aromatic nitrogens is 2. The summed E-state index contributed by atoms with van der Waals surface area (Å²) in [7, 11) is 1.54. The SMILES string of the molecule is COc1ccc(NC(=O)NCc2cn[nH]c2-c2ccccc2)cc1Cl. The molecule has 3 N–H and O–H groups in total. The molecule has 0 spiro atoms. The van der Waals surface area contributed by atoms with E-state index in [-0.39, 0.29) is 6.03 Å². The van der Waals surface area contributed by atoms with E-state index in [1.807, 2.05) is 30.3 Å². The van der Waals surface area contributed by atoms with Crippen LogP contribution in [0.2, 0.25) is 5.02 Å². The smallest absolute Gasteiger partial charge is 0.319 e. The first kappa shape index (κ1) is 16.9. The molecule has 2 aromatic carbocycles. The van der Waals surface area contributed by atoms with Crippen LogP contribution in [-0.2, 0) is 6.54 Å². The molecule has 1 aromatic heterocycles. The second kappa shape index (κ2) is 7.72. The summed E-state index contributed by atoms with van der Waals surface area (Å²) in [5.74, 6) is 0.554. The van der Waals surface area contributed by atoms with Crippen molar-refractivity contribution in [2.24, 2.45) is 0 Å². The first-order valence-electron chi connectivity index (χ1n) is 7.63. The standard InChI is InChI=1S/C18H17ClN4O2/c1-25-16-8-7-14(9-15(16)19)22-18(24)20-10-13-11-21-23-17(13)12-5-3-2-4-6-12/h2-9,11H,10H2,1H3,(H,21,23)(H2,20,22,24). The van der Waals surface area contributed by atoms with Gasteiger partial charge in [0, 0.05) is 17.8 Å². The van der Waals surface area contributed by atoms with Gasteiger partial charge in [0.1, 0.15) is 5.75 Å². The normalized spacial score (nSPS) is 10.3. The fourth-order valence-electron chi connectivity index (χ4n) is 2.39. The Bertz CT molecular complexity index is 865. The van der Waals surface area contributed by atoms with Crippen molar-refractivity contribution in [2.45, 2.75) is 6.54 Å². The van der Waals surface area contributed by atoms with Crippen LogP contribution in [0.25, 0.3) is 11.3 Å². The fourth-order valence-corrected chi connectivity index (χ4v) is 2.65. The molecule has 25 heavy (non-hydrogen) atoms. The van der Waals surface area contributed by atoms with E-state index in [1.54, 1.807) is 24.4 Å². The van der Waals surface area contributed by atoms with Crippen LogP contribution in [0.3, 0.4) is 0 Å². The highest BCUT2D eigenvalue weighted by atomic mass is 35.5. The number of methoxy groups -OCH3 is 1. The zero-order valence-corrected chi connectivity index (χ0v) is 14.3. The zero-order valence-electron chi connectivity index (χ0n) is 13.5. The Kier molecular flexibility index (Phi) is 5.20. The summed E-state index contributed by atoms with van der Waals surface area (Å²) in [6.45, 7) is 0.344. The molecule has 0 fully saturated rings. The Morgan fingerprint density at radius 3 is 2.76 bits per heavy atom. The van der Waals surface area contributed by atoms with Gasteiger partial charge in [-0.25, -0.2) is 4.79 Å². The Morgan fingerprint density at radius 1 is 1.24 bits per heavy atom. The van der Waals surface area contributed by atoms with Crippen molar-refractivity contribution < 1.29 is 9.53 Å². The van der Waals surface area contributed by atoms with Crippen LogP contribution < -0.4 is 15.4 Å². The van der Waals surface area contributed by atoms with Crippen molar-refractivity contribution in [1.82, 2.24) is 15.5 Å². The predicted octanol–water partition coefficient (Wildman–Crippen LogP) is 4.06. The molecule has 2 amide bonds. The summed E-state index contributed by atoms with van der Waals surface area (Å²) >= 11 is 6.05. The molecule has 128 valence electrons. The van der Waals surface area contributed by atoms with Gasteiger partial charge in [-0.2, -0.15) is 5.10 Å². The molecule has 0 aliphatic carbocycles. The summed E-state index contributed by atoms with van der Waals surface area (Å²) in [6, 6.07) is 14.5. The van der Waals surface area contributed by atoms with E-state index >= 15 is 0 Å². The second-order valence-corrected chi connectivity index (χ2v) is 5.70. The first-order chi connectivity index (χ1) is 12.2. The molecular formula is C18H17ClN4O2. The summed E-state index contributed by atoms with van der Waals surface area (Å²) in [4.78, 5) is 12.1. The van der Waals surface area contributed by atoms with Crippen molar-refractivity contribution in [1.29, 1.82) is 0 Å². The van der Waals surface area contributed by atoms with E-state index in [2.05, 4.69) is 20.8 Å². The number of halogens is 1. The van der Waals surface area contributed by atoms with Crippen LogP contribution in [-0.4, -0.2) is 23.3 Å². The number of hydrogen-bond acceptors (Lipinski definition) is 3. The van der Waals surface area contributed by atoms with Gasteiger partial charge in [-0.1, -0.05) is 41.9 Å². The van der Waals surface area contributed by atoms with E-state index in [1.165, 1.54) is 7.11 Å². The highest BCUT2D eigenvalue weighted by Crippen LogP contribution is 2.27. The lowest BCUT2D eigenvalue weighted by Gasteiger charge is -2.10. The highest BCUT2D eigenvalue weighted by molar-refractivity contribution is 6.32. The number of ether oxygens (including phenoxy) is 1. The van der Waals surface area contributed by atoms with Crippen LogP contribution in [0.15, 0.2) is 54.7 Å². The maximum atomic E-state index is 12.1. The maximum absolute atomic E-state index is 12.1. The van der Waals surface area contributed by atoms with Crippen LogP contribution in [0.1, 0.15) is 5.56 Å². The number of rotatable bonds is 5. The Labute approximate surface area is 150 Å². The highest BCUT2D eigenvalue weighted by Gasteiger charge is 2.10. The Morgan fingerprint density at radius 2 is 2.04 bits per heavy atom. The number of carbonyl (C=O) groups excluding carboxylic acids is 1. The predicted molar refractivity (Wildman–Crippen MR) is 97.9 cm³/mol. The summed E-state index contributed by atoms with van der Waals surface area (Å²) < 4.78 is 5.09. The number of anilines is 1. The molecule has 0 atom stereocenters. The molecule has 7 heteroatoms. The number of carbonyl (C=O) groups is 1. The van der Waals surface area contributed by atoms with Gasteiger partial charge in [-0.05, 0) is 23.8 Å². The monoisotopic (exact) mass is 356 g/mol. The third-order valence-corrected chi connectivity index (χ3v) is 3.92. The van der Waals surface area contributed by atoms with Gasteiger partial charge in [0.15, 0.2) is 0 Å². The number of hydrogen-bond donors (Lipinski definition) is 3. The minimum absolute atomic E-state index is 0.332. The number of nitrogens with zero attached hydrogens (tertiary/aromatic N) is 1. The van der Waals surface area contributed by atoms with E-state index in [4.69, 9.17) is 16.3 Å². The van der Waals surface area contributed by atoms with Crippen LogP contribution in [0, 0.1) is 0 Å². The fraction of sp³-hybridized carbons (Fsp3) is 0.111. The molecule has 0 unspecified atom stereocenters. The van der Waals surface area contributed by atoms with Crippen molar-refractivity contribution in [3.63, 3.8) is 0 Å². The number of benzene rings is 2. The van der Waals surface area contributed by atoms with E-state index in [0.29, 0.717) is 23.0 Å². The third-order valence-electron chi connectivity index (χ3n) is 3.63. The first-order valence-corrected chi connectivity index (χ1v) is 8.01. The van der Waals surface area contributed by atoms with Gasteiger partial charge in [0.2, 0.25) is 0 Å². The number of H-pyrrole nitrogens is 1. The number of aromatic amines is 1.